The molecule has 1 aliphatic heterocycles. The van der Waals surface area contributed by atoms with Crippen molar-refractivity contribution < 1.29 is 14.6 Å². The van der Waals surface area contributed by atoms with Crippen molar-refractivity contribution in [2.24, 2.45) is 5.92 Å². The highest BCUT2D eigenvalue weighted by Gasteiger charge is 2.24. The van der Waals surface area contributed by atoms with Crippen molar-refractivity contribution in [3.05, 3.63) is 35.4 Å². The number of carbonyl (C=O) groups is 1. The molecule has 0 aromatic heterocycles. The molecule has 2 rings (SSSR count). The lowest BCUT2D eigenvalue weighted by Crippen LogP contribution is -2.42. The van der Waals surface area contributed by atoms with Gasteiger partial charge in [0.25, 0.3) is 0 Å². The quantitative estimate of drug-likeness (QED) is 0.856. The van der Waals surface area contributed by atoms with Crippen LogP contribution in [0, 0.1) is 5.92 Å². The predicted molar refractivity (Wildman–Crippen MR) is 77.5 cm³/mol. The van der Waals surface area contributed by atoms with Crippen molar-refractivity contribution in [1.82, 2.24) is 4.90 Å². The molecule has 0 amide bonds. The Bertz CT molecular complexity index is 444. The minimum Gasteiger partial charge on any atom is -0.465 e. The van der Waals surface area contributed by atoms with Gasteiger partial charge in [0.2, 0.25) is 0 Å². The molecule has 0 saturated carbocycles. The van der Waals surface area contributed by atoms with E-state index in [-0.39, 0.29) is 12.6 Å². The summed E-state index contributed by atoms with van der Waals surface area (Å²) in [5.74, 6) is 0.0868. The maximum absolute atomic E-state index is 11.4. The molecular formula is C16H23NO3. The van der Waals surface area contributed by atoms with Crippen LogP contribution in [0.5, 0.6) is 0 Å². The van der Waals surface area contributed by atoms with Crippen LogP contribution in [0.15, 0.2) is 24.3 Å². The first-order chi connectivity index (χ1) is 9.63. The van der Waals surface area contributed by atoms with Gasteiger partial charge in [0.15, 0.2) is 0 Å². The molecule has 0 radical (unpaired) electrons. The number of aliphatic hydroxyl groups excluding tert-OH is 1. The molecule has 0 bridgehead atoms. The van der Waals surface area contributed by atoms with Crippen molar-refractivity contribution in [2.45, 2.75) is 32.4 Å². The molecule has 4 nitrogen and oxygen atoms in total. The van der Waals surface area contributed by atoms with Crippen molar-refractivity contribution in [3.63, 3.8) is 0 Å². The van der Waals surface area contributed by atoms with E-state index in [1.807, 2.05) is 12.1 Å². The van der Waals surface area contributed by atoms with Crippen LogP contribution in [0.4, 0.5) is 0 Å². The number of hydrogen-bond donors (Lipinski definition) is 1. The highest BCUT2D eigenvalue weighted by atomic mass is 16.5. The van der Waals surface area contributed by atoms with E-state index < -0.39 is 0 Å². The van der Waals surface area contributed by atoms with Gasteiger partial charge in [0.05, 0.1) is 12.7 Å². The van der Waals surface area contributed by atoms with Crippen LogP contribution in [0.2, 0.25) is 0 Å². The molecule has 0 aliphatic carbocycles. The molecule has 1 saturated heterocycles. The molecule has 4 heteroatoms. The summed E-state index contributed by atoms with van der Waals surface area (Å²) in [5.41, 5.74) is 1.76. The lowest BCUT2D eigenvalue weighted by molar-refractivity contribution is 0.0600. The zero-order valence-electron chi connectivity index (χ0n) is 12.2. The molecule has 1 fully saturated rings. The number of nitrogens with zero attached hydrogens (tertiary/aromatic N) is 1. The third kappa shape index (κ3) is 3.58. The second-order valence-corrected chi connectivity index (χ2v) is 5.59. The van der Waals surface area contributed by atoms with E-state index in [4.69, 9.17) is 4.74 Å². The fraction of sp³-hybridized carbons (Fsp3) is 0.562. The van der Waals surface area contributed by atoms with Gasteiger partial charge in [-0.3, -0.25) is 4.90 Å². The Morgan fingerprint density at radius 3 is 2.65 bits per heavy atom. The molecule has 2 unspecified atom stereocenters. The highest BCUT2D eigenvalue weighted by molar-refractivity contribution is 5.89. The molecule has 110 valence electrons. The second-order valence-electron chi connectivity index (χ2n) is 5.59. The second kappa shape index (κ2) is 6.86. The van der Waals surface area contributed by atoms with Crippen LogP contribution in [0.1, 0.15) is 35.7 Å². The van der Waals surface area contributed by atoms with Gasteiger partial charge < -0.3 is 9.84 Å². The third-order valence-corrected chi connectivity index (χ3v) is 4.13. The standard InChI is InChI=1S/C16H23NO3/c1-12-3-4-14(11-18)10-17(12)9-13-5-7-15(8-6-13)16(19)20-2/h5-8,12,14,18H,3-4,9-11H2,1-2H3. The summed E-state index contributed by atoms with van der Waals surface area (Å²) >= 11 is 0. The monoisotopic (exact) mass is 277 g/mol. The molecule has 2 atom stereocenters. The number of methoxy groups -OCH3 is 1. The Labute approximate surface area is 120 Å². The SMILES string of the molecule is COC(=O)c1ccc(CN2CC(CO)CCC2C)cc1. The van der Waals surface area contributed by atoms with Gasteiger partial charge in [-0.15, -0.1) is 0 Å². The number of piperidine rings is 1. The van der Waals surface area contributed by atoms with Crippen LogP contribution < -0.4 is 0 Å². The largest absolute Gasteiger partial charge is 0.465 e. The number of likely N-dealkylation sites (tertiary alicyclic amines) is 1. The maximum Gasteiger partial charge on any atom is 0.337 e. The fourth-order valence-corrected chi connectivity index (χ4v) is 2.73. The number of aliphatic hydroxyl groups is 1. The van der Waals surface area contributed by atoms with E-state index in [0.717, 1.165) is 25.9 Å². The van der Waals surface area contributed by atoms with Crippen molar-refractivity contribution in [3.8, 4) is 0 Å². The average molecular weight is 277 g/mol. The fourth-order valence-electron chi connectivity index (χ4n) is 2.73. The number of carbonyl (C=O) groups excluding carboxylic acids is 1. The van der Waals surface area contributed by atoms with Gasteiger partial charge in [-0.2, -0.15) is 0 Å². The van der Waals surface area contributed by atoms with Crippen LogP contribution in [0.3, 0.4) is 0 Å². The molecule has 20 heavy (non-hydrogen) atoms. The first-order valence-corrected chi connectivity index (χ1v) is 7.16. The number of ether oxygens (including phenoxy) is 1. The van der Waals surface area contributed by atoms with E-state index in [9.17, 15) is 9.90 Å². The summed E-state index contributed by atoms with van der Waals surface area (Å²) in [6, 6.07) is 8.10. The van der Waals surface area contributed by atoms with E-state index >= 15 is 0 Å². The Morgan fingerprint density at radius 1 is 1.35 bits per heavy atom. The Kier molecular flexibility index (Phi) is 5.15. The molecule has 1 aromatic carbocycles. The molecule has 0 spiro atoms. The normalized spacial score (nSPS) is 23.6. The van der Waals surface area contributed by atoms with Gasteiger partial charge in [-0.1, -0.05) is 12.1 Å². The summed E-state index contributed by atoms with van der Waals surface area (Å²) in [6.07, 6.45) is 2.24. The lowest BCUT2D eigenvalue weighted by Gasteiger charge is -2.37. The molecule has 1 heterocycles. The number of hydrogen-bond acceptors (Lipinski definition) is 4. The minimum absolute atomic E-state index is 0.268. The smallest absolute Gasteiger partial charge is 0.337 e. The molecular weight excluding hydrogens is 254 g/mol. The van der Waals surface area contributed by atoms with E-state index in [0.29, 0.717) is 17.5 Å². The van der Waals surface area contributed by atoms with E-state index in [2.05, 4.69) is 11.8 Å². The van der Waals surface area contributed by atoms with Crippen LogP contribution in [0.25, 0.3) is 0 Å². The molecule has 1 N–H and O–H groups in total. The molecule has 1 aromatic rings. The first-order valence-electron chi connectivity index (χ1n) is 7.16. The zero-order valence-corrected chi connectivity index (χ0v) is 12.2. The van der Waals surface area contributed by atoms with Gasteiger partial charge in [0.1, 0.15) is 0 Å². The van der Waals surface area contributed by atoms with Crippen LogP contribution in [-0.2, 0) is 11.3 Å². The van der Waals surface area contributed by atoms with Crippen LogP contribution >= 0.6 is 0 Å². The van der Waals surface area contributed by atoms with Gasteiger partial charge in [-0.05, 0) is 43.4 Å². The minimum atomic E-state index is -0.303. The Hall–Kier alpha value is -1.39. The highest BCUT2D eigenvalue weighted by Crippen LogP contribution is 2.23. The van der Waals surface area contributed by atoms with E-state index in [1.165, 1.54) is 12.7 Å². The van der Waals surface area contributed by atoms with Crippen molar-refractivity contribution in [2.75, 3.05) is 20.3 Å². The summed E-state index contributed by atoms with van der Waals surface area (Å²) in [4.78, 5) is 13.8. The van der Waals surface area contributed by atoms with E-state index in [1.54, 1.807) is 12.1 Å². The average Bonchev–Trinajstić information content (AvgIpc) is 2.49. The first kappa shape index (κ1) is 15.0. The lowest BCUT2D eigenvalue weighted by atomic mass is 9.93. The summed E-state index contributed by atoms with van der Waals surface area (Å²) in [6.45, 7) is 4.30. The maximum atomic E-state index is 11.4. The van der Waals surface area contributed by atoms with Crippen molar-refractivity contribution in [1.29, 1.82) is 0 Å². The number of rotatable bonds is 4. The number of benzene rings is 1. The predicted octanol–water partition coefficient (Wildman–Crippen LogP) is 2.07. The van der Waals surface area contributed by atoms with Gasteiger partial charge in [0, 0.05) is 25.7 Å². The Balaban J connectivity index is 2.00. The van der Waals surface area contributed by atoms with Crippen LogP contribution in [-0.4, -0.2) is 42.3 Å². The third-order valence-electron chi connectivity index (χ3n) is 4.13. The van der Waals surface area contributed by atoms with Crippen molar-refractivity contribution >= 4 is 5.97 Å². The summed E-state index contributed by atoms with van der Waals surface area (Å²) in [5, 5.41) is 9.31. The van der Waals surface area contributed by atoms with Gasteiger partial charge >= 0.3 is 5.97 Å². The Morgan fingerprint density at radius 2 is 2.05 bits per heavy atom. The summed E-state index contributed by atoms with van der Waals surface area (Å²) < 4.78 is 4.69. The molecule has 1 aliphatic rings. The van der Waals surface area contributed by atoms with Gasteiger partial charge in [-0.25, -0.2) is 4.79 Å². The topological polar surface area (TPSA) is 49.8 Å². The zero-order chi connectivity index (χ0) is 14.5. The number of esters is 1. The summed E-state index contributed by atoms with van der Waals surface area (Å²) in [7, 11) is 1.39.